The van der Waals surface area contributed by atoms with Crippen molar-refractivity contribution in [2.45, 2.75) is 110 Å². The van der Waals surface area contributed by atoms with Crippen molar-refractivity contribution >= 4 is 70.1 Å². The van der Waals surface area contributed by atoms with Gasteiger partial charge in [-0.1, -0.05) is 12.2 Å². The molecule has 0 unspecified atom stereocenters. The van der Waals surface area contributed by atoms with Crippen LogP contribution in [0.25, 0.3) is 0 Å². The maximum atomic E-state index is 12.5. The lowest BCUT2D eigenvalue weighted by molar-refractivity contribution is -0.342. The Labute approximate surface area is 292 Å². The molecule has 0 bridgehead atoms. The minimum Gasteiger partial charge on any atom is -0.463 e. The quantitative estimate of drug-likeness (QED) is 0.107. The number of carbonyl (C=O) groups excluding carboxylic acids is 7. The van der Waals surface area contributed by atoms with Crippen molar-refractivity contribution in [1.82, 2.24) is 4.31 Å². The largest absolute Gasteiger partial charge is 0.463 e. The molecule has 0 radical (unpaired) electrons. The molecule has 276 valence electrons. The van der Waals surface area contributed by atoms with Crippen LogP contribution in [-0.4, -0.2) is 139 Å². The molecule has 2 fully saturated rings. The molecule has 0 aliphatic carbocycles. The third-order valence-corrected chi connectivity index (χ3v) is 7.67. The first-order chi connectivity index (χ1) is 22.8. The Bertz CT molecular complexity index is 1260. The average molecular weight is 740 g/mol. The van der Waals surface area contributed by atoms with Crippen molar-refractivity contribution in [3.8, 4) is 0 Å². The van der Waals surface area contributed by atoms with E-state index < -0.39 is 116 Å². The van der Waals surface area contributed by atoms with Crippen LogP contribution in [0.3, 0.4) is 0 Å². The van der Waals surface area contributed by atoms with Gasteiger partial charge in [-0.2, -0.15) is 0 Å². The van der Waals surface area contributed by atoms with Crippen LogP contribution in [0.15, 0.2) is 0 Å². The molecule has 2 heterocycles. The van der Waals surface area contributed by atoms with Crippen molar-refractivity contribution in [2.24, 2.45) is 0 Å². The van der Waals surface area contributed by atoms with Gasteiger partial charge in [-0.05, 0) is 26.0 Å². The lowest BCUT2D eigenvalue weighted by atomic mass is 9.94. The zero-order chi connectivity index (χ0) is 37.2. The summed E-state index contributed by atoms with van der Waals surface area (Å²) in [7, 11) is 3.38. The Morgan fingerprint density at radius 1 is 0.551 bits per heavy atom. The van der Waals surface area contributed by atoms with Gasteiger partial charge in [0.1, 0.15) is 37.6 Å². The van der Waals surface area contributed by atoms with Crippen molar-refractivity contribution in [3.63, 3.8) is 0 Å². The van der Waals surface area contributed by atoms with E-state index in [1.807, 2.05) is 0 Å². The van der Waals surface area contributed by atoms with Crippen LogP contribution in [0.5, 0.6) is 0 Å². The van der Waals surface area contributed by atoms with Gasteiger partial charge in [0.2, 0.25) is 0 Å². The van der Waals surface area contributed by atoms with E-state index in [0.29, 0.717) is 0 Å². The van der Waals surface area contributed by atoms with E-state index in [2.05, 4.69) is 0 Å². The third kappa shape index (κ3) is 13.1. The summed E-state index contributed by atoms with van der Waals surface area (Å²) in [6.07, 6.45) is -15.0. The van der Waals surface area contributed by atoms with Gasteiger partial charge in [-0.25, -0.2) is 0 Å². The predicted molar refractivity (Wildman–Crippen MR) is 167 cm³/mol. The van der Waals surface area contributed by atoms with E-state index in [9.17, 15) is 33.6 Å². The average Bonchev–Trinajstić information content (AvgIpc) is 2.94. The molecule has 18 nitrogen and oxygen atoms in total. The Morgan fingerprint density at radius 2 is 0.939 bits per heavy atom. The molecule has 0 amide bonds. The fourth-order valence-electron chi connectivity index (χ4n) is 4.93. The Morgan fingerprint density at radius 3 is 1.37 bits per heavy atom. The summed E-state index contributed by atoms with van der Waals surface area (Å²) < 4.78 is 58.2. The molecule has 0 aromatic rings. The maximum absolute atomic E-state index is 12.5. The second kappa shape index (κ2) is 19.1. The van der Waals surface area contributed by atoms with E-state index in [1.165, 1.54) is 0 Å². The second-order valence-corrected chi connectivity index (χ2v) is 13.0. The smallest absolute Gasteiger partial charge is 0.303 e. The molecule has 2 aliphatic rings. The molecule has 49 heavy (non-hydrogen) atoms. The summed E-state index contributed by atoms with van der Waals surface area (Å²) in [4.78, 5) is 85.2. The van der Waals surface area contributed by atoms with Crippen LogP contribution in [-0.2, 0) is 80.9 Å². The topological polar surface area (TPSA) is 215 Å². The van der Waals surface area contributed by atoms with Gasteiger partial charge in [-0.3, -0.25) is 37.9 Å². The Kier molecular flexibility index (Phi) is 16.3. The number of rotatable bonds is 13. The van der Waals surface area contributed by atoms with E-state index in [4.69, 9.17) is 59.6 Å². The lowest BCUT2D eigenvalue weighted by Gasteiger charge is -2.49. The number of carbonyl (C=O) groups is 7. The zero-order valence-corrected chi connectivity index (χ0v) is 30.0. The number of thiocarbonyl (C=S) groups is 1. The van der Waals surface area contributed by atoms with Gasteiger partial charge in [0, 0.05) is 48.5 Å². The number of hydrogen-bond donors (Lipinski definition) is 0. The van der Waals surface area contributed by atoms with Crippen LogP contribution in [0.1, 0.15) is 48.5 Å². The van der Waals surface area contributed by atoms with Gasteiger partial charge in [0.05, 0.1) is 4.20 Å². The third-order valence-electron chi connectivity index (χ3n) is 6.43. The van der Waals surface area contributed by atoms with Gasteiger partial charge in [-0.15, -0.1) is 0 Å². The molecule has 0 saturated carbocycles. The van der Waals surface area contributed by atoms with Crippen LogP contribution in [0.4, 0.5) is 0 Å². The highest BCUT2D eigenvalue weighted by Crippen LogP contribution is 2.36. The van der Waals surface area contributed by atoms with Gasteiger partial charge in [0.25, 0.3) is 0 Å². The molecule has 0 aromatic carbocycles. The fourth-order valence-corrected chi connectivity index (χ4v) is 6.22. The van der Waals surface area contributed by atoms with E-state index in [-0.39, 0.29) is 4.20 Å². The molecular weight excluding hydrogens is 698 g/mol. The molecule has 10 atom stereocenters. The van der Waals surface area contributed by atoms with Crippen molar-refractivity contribution in [2.75, 3.05) is 27.3 Å². The first-order valence-electron chi connectivity index (χ1n) is 14.8. The number of esters is 7. The van der Waals surface area contributed by atoms with Gasteiger partial charge in [0.15, 0.2) is 36.8 Å². The standard InChI is InChI=1S/C29H41NO17S2/c1-12(31)38-10-19-22(23(41-15(4)34)25(43-17(6)36)27(45-19)29(48)49-30(8)9)47-28-26(44-18(7)37)24(42-16(5)35)21(40-14(3)33)20(46-28)11-39-13(2)32/h19-28H,10-11H2,1-9H3/t19-,20-,21+,22-,23+,24+,25-,26-,27+,28+/m1/s1. The van der Waals surface area contributed by atoms with Crippen LogP contribution in [0.2, 0.25) is 0 Å². The van der Waals surface area contributed by atoms with Crippen LogP contribution >= 0.6 is 24.2 Å². The number of nitrogens with zero attached hydrogens (tertiary/aromatic N) is 1. The molecule has 2 aliphatic heterocycles. The van der Waals surface area contributed by atoms with Crippen molar-refractivity contribution < 1.29 is 80.9 Å². The number of ether oxygens (including phenoxy) is 10. The summed E-state index contributed by atoms with van der Waals surface area (Å²) in [5.41, 5.74) is 0. The van der Waals surface area contributed by atoms with Gasteiger partial charge < -0.3 is 47.4 Å². The monoisotopic (exact) mass is 739 g/mol. The SMILES string of the molecule is CC(=O)OC[C@H]1O[C@@H](O[C@H]2[C@H](OC(C)=O)[C@@H](OC(C)=O)[C@@H](C(=S)SN(C)C)O[C@@H]2COC(C)=O)[C@H](OC(C)=O)[C@@H](OC(C)=O)[C@H]1OC(C)=O. The summed E-state index contributed by atoms with van der Waals surface area (Å²) >= 11 is 6.62. The normalized spacial score (nSPS) is 29.5. The molecule has 20 heteroatoms. The highest BCUT2D eigenvalue weighted by atomic mass is 32.2. The van der Waals surface area contributed by atoms with Crippen molar-refractivity contribution in [1.29, 1.82) is 0 Å². The van der Waals surface area contributed by atoms with E-state index >= 15 is 0 Å². The first kappa shape index (κ1) is 41.7. The second-order valence-electron chi connectivity index (χ2n) is 10.9. The van der Waals surface area contributed by atoms with Crippen molar-refractivity contribution in [3.05, 3.63) is 0 Å². The molecule has 2 rings (SSSR count). The molecule has 0 spiro atoms. The molecule has 0 N–H and O–H groups in total. The molecule has 2 saturated heterocycles. The van der Waals surface area contributed by atoms with E-state index in [0.717, 1.165) is 60.4 Å². The summed E-state index contributed by atoms with van der Waals surface area (Å²) in [5.74, 6) is -5.76. The fraction of sp³-hybridized carbons (Fsp3) is 0.724. The van der Waals surface area contributed by atoms with E-state index in [1.54, 1.807) is 18.4 Å². The molecular formula is C29H41NO17S2. The first-order valence-corrected chi connectivity index (χ1v) is 16.0. The minimum absolute atomic E-state index is 0.145. The number of hydrogen-bond acceptors (Lipinski definition) is 20. The predicted octanol–water partition coefficient (Wildman–Crippen LogP) is 0.186. The minimum atomic E-state index is -1.77. The Balaban J connectivity index is 2.76. The zero-order valence-electron chi connectivity index (χ0n) is 28.4. The lowest BCUT2D eigenvalue weighted by Crippen LogP contribution is -2.67. The summed E-state index contributed by atoms with van der Waals surface area (Å²) in [6, 6.07) is 0. The highest BCUT2D eigenvalue weighted by Gasteiger charge is 2.58. The maximum Gasteiger partial charge on any atom is 0.303 e. The van der Waals surface area contributed by atoms with Crippen LogP contribution < -0.4 is 0 Å². The summed E-state index contributed by atoms with van der Waals surface area (Å²) in [5, 5.41) is 0. The Hall–Kier alpha value is -3.43. The van der Waals surface area contributed by atoms with Crippen LogP contribution in [0, 0.1) is 0 Å². The van der Waals surface area contributed by atoms with Gasteiger partial charge >= 0.3 is 41.8 Å². The summed E-state index contributed by atoms with van der Waals surface area (Å²) in [6.45, 7) is 6.49. The highest BCUT2D eigenvalue weighted by molar-refractivity contribution is 8.21. The molecule has 0 aromatic heterocycles.